The Balaban J connectivity index is 3.10. The highest BCUT2D eigenvalue weighted by Gasteiger charge is 2.09. The second-order valence-corrected chi connectivity index (χ2v) is 5.33. The SMILES string of the molecule is CSc1cccc(NS(C)(=O)=O)c1O. The third kappa shape index (κ3) is 2.81. The van der Waals surface area contributed by atoms with Gasteiger partial charge in [-0.05, 0) is 18.4 Å². The van der Waals surface area contributed by atoms with E-state index in [9.17, 15) is 13.5 Å². The van der Waals surface area contributed by atoms with E-state index in [-0.39, 0.29) is 11.4 Å². The molecule has 4 nitrogen and oxygen atoms in total. The van der Waals surface area contributed by atoms with Crippen LogP contribution in [0.5, 0.6) is 5.75 Å². The Kier molecular flexibility index (Phi) is 3.28. The molecule has 0 amide bonds. The van der Waals surface area contributed by atoms with Gasteiger partial charge in [0.05, 0.1) is 16.8 Å². The number of benzene rings is 1. The summed E-state index contributed by atoms with van der Waals surface area (Å²) in [6.07, 6.45) is 2.84. The minimum atomic E-state index is -3.34. The van der Waals surface area contributed by atoms with Crippen LogP contribution in [0.2, 0.25) is 0 Å². The highest BCUT2D eigenvalue weighted by Crippen LogP contribution is 2.33. The third-order valence-corrected chi connectivity index (χ3v) is 2.87. The largest absolute Gasteiger partial charge is 0.505 e. The van der Waals surface area contributed by atoms with E-state index in [2.05, 4.69) is 4.72 Å². The number of hydrogen-bond donors (Lipinski definition) is 2. The number of sulfonamides is 1. The molecule has 1 aromatic rings. The molecule has 2 N–H and O–H groups in total. The minimum Gasteiger partial charge on any atom is -0.505 e. The molecule has 0 spiro atoms. The fraction of sp³-hybridized carbons (Fsp3) is 0.250. The van der Waals surface area contributed by atoms with Gasteiger partial charge < -0.3 is 5.11 Å². The van der Waals surface area contributed by atoms with Crippen molar-refractivity contribution in [1.29, 1.82) is 0 Å². The third-order valence-electron chi connectivity index (χ3n) is 1.51. The van der Waals surface area contributed by atoms with E-state index >= 15 is 0 Å². The van der Waals surface area contributed by atoms with Crippen LogP contribution in [0.15, 0.2) is 23.1 Å². The maximum Gasteiger partial charge on any atom is 0.229 e. The molecule has 0 aliphatic rings. The lowest BCUT2D eigenvalue weighted by atomic mass is 10.3. The van der Waals surface area contributed by atoms with Crippen LogP contribution in [-0.2, 0) is 10.0 Å². The molecular weight excluding hydrogens is 222 g/mol. The Hall–Kier alpha value is -0.880. The van der Waals surface area contributed by atoms with Gasteiger partial charge in [0.1, 0.15) is 0 Å². The van der Waals surface area contributed by atoms with Crippen LogP contribution in [0.1, 0.15) is 0 Å². The molecule has 0 bridgehead atoms. The van der Waals surface area contributed by atoms with Crippen molar-refractivity contribution in [2.45, 2.75) is 4.90 Å². The lowest BCUT2D eigenvalue weighted by molar-refractivity contribution is 0.465. The predicted molar refractivity (Wildman–Crippen MR) is 58.4 cm³/mol. The Labute approximate surface area is 87.4 Å². The van der Waals surface area contributed by atoms with Gasteiger partial charge in [-0.1, -0.05) is 6.07 Å². The summed E-state index contributed by atoms with van der Waals surface area (Å²) in [7, 11) is -3.34. The Bertz CT molecular complexity index is 428. The lowest BCUT2D eigenvalue weighted by Crippen LogP contribution is -2.09. The van der Waals surface area contributed by atoms with E-state index in [0.717, 1.165) is 6.26 Å². The normalized spacial score (nSPS) is 11.3. The smallest absolute Gasteiger partial charge is 0.229 e. The van der Waals surface area contributed by atoms with E-state index in [1.54, 1.807) is 18.4 Å². The van der Waals surface area contributed by atoms with Gasteiger partial charge in [0.2, 0.25) is 10.0 Å². The molecule has 6 heteroatoms. The van der Waals surface area contributed by atoms with Crippen LogP contribution < -0.4 is 4.72 Å². The Morgan fingerprint density at radius 1 is 1.43 bits per heavy atom. The molecule has 0 atom stereocenters. The summed E-state index contributed by atoms with van der Waals surface area (Å²) in [6, 6.07) is 4.91. The first-order valence-electron chi connectivity index (χ1n) is 3.78. The number of anilines is 1. The first-order valence-corrected chi connectivity index (χ1v) is 6.89. The second kappa shape index (κ2) is 4.10. The van der Waals surface area contributed by atoms with Crippen LogP contribution in [-0.4, -0.2) is 26.0 Å². The van der Waals surface area contributed by atoms with Gasteiger partial charge >= 0.3 is 0 Å². The maximum absolute atomic E-state index is 10.9. The van der Waals surface area contributed by atoms with E-state index < -0.39 is 10.0 Å². The van der Waals surface area contributed by atoms with Gasteiger partial charge in [-0.15, -0.1) is 11.8 Å². The fourth-order valence-corrected chi connectivity index (χ4v) is 2.05. The average Bonchev–Trinajstić information content (AvgIpc) is 2.06. The molecule has 0 unspecified atom stereocenters. The van der Waals surface area contributed by atoms with Crippen molar-refractivity contribution >= 4 is 27.5 Å². The number of rotatable bonds is 3. The molecule has 14 heavy (non-hydrogen) atoms. The van der Waals surface area contributed by atoms with Crippen molar-refractivity contribution in [2.75, 3.05) is 17.2 Å². The molecule has 1 rings (SSSR count). The van der Waals surface area contributed by atoms with Crippen molar-refractivity contribution in [3.05, 3.63) is 18.2 Å². The molecule has 0 aliphatic heterocycles. The Morgan fingerprint density at radius 2 is 2.07 bits per heavy atom. The molecule has 0 radical (unpaired) electrons. The number of aromatic hydroxyl groups is 1. The summed E-state index contributed by atoms with van der Waals surface area (Å²) in [4.78, 5) is 0.638. The maximum atomic E-state index is 10.9. The van der Waals surface area contributed by atoms with Gasteiger partial charge in [-0.2, -0.15) is 0 Å². The van der Waals surface area contributed by atoms with Crippen LogP contribution in [0, 0.1) is 0 Å². The van der Waals surface area contributed by atoms with Gasteiger partial charge in [0, 0.05) is 0 Å². The summed E-state index contributed by atoms with van der Waals surface area (Å²) in [5.74, 6) is -0.0366. The van der Waals surface area contributed by atoms with Crippen LogP contribution in [0.3, 0.4) is 0 Å². The molecule has 0 saturated carbocycles. The van der Waals surface area contributed by atoms with Gasteiger partial charge in [-0.25, -0.2) is 8.42 Å². The highest BCUT2D eigenvalue weighted by atomic mass is 32.2. The van der Waals surface area contributed by atoms with Crippen molar-refractivity contribution < 1.29 is 13.5 Å². The minimum absolute atomic E-state index is 0.0366. The summed E-state index contributed by atoms with van der Waals surface area (Å²) < 4.78 is 24.1. The van der Waals surface area contributed by atoms with Gasteiger partial charge in [0.25, 0.3) is 0 Å². The molecule has 0 heterocycles. The number of para-hydroxylation sites is 1. The van der Waals surface area contributed by atoms with Crippen LogP contribution in [0.4, 0.5) is 5.69 Å². The molecular formula is C8H11NO3S2. The molecule has 78 valence electrons. The zero-order chi connectivity index (χ0) is 10.8. The van der Waals surface area contributed by atoms with Gasteiger partial charge in [0.15, 0.2) is 5.75 Å². The summed E-state index contributed by atoms with van der Waals surface area (Å²) in [5.41, 5.74) is 0.208. The summed E-state index contributed by atoms with van der Waals surface area (Å²) >= 11 is 1.35. The first kappa shape index (κ1) is 11.2. The zero-order valence-corrected chi connectivity index (χ0v) is 9.45. The van der Waals surface area contributed by atoms with Crippen molar-refractivity contribution in [2.24, 2.45) is 0 Å². The molecule has 0 saturated heterocycles. The number of nitrogens with one attached hydrogen (secondary N) is 1. The number of thioether (sulfide) groups is 1. The van der Waals surface area contributed by atoms with Crippen molar-refractivity contribution in [1.82, 2.24) is 0 Å². The molecule has 1 aromatic carbocycles. The number of phenolic OH excluding ortho intramolecular Hbond substituents is 1. The van der Waals surface area contributed by atoms with Crippen LogP contribution >= 0.6 is 11.8 Å². The number of hydrogen-bond acceptors (Lipinski definition) is 4. The molecule has 0 aliphatic carbocycles. The highest BCUT2D eigenvalue weighted by molar-refractivity contribution is 7.98. The van der Waals surface area contributed by atoms with Crippen molar-refractivity contribution in [3.63, 3.8) is 0 Å². The van der Waals surface area contributed by atoms with Crippen molar-refractivity contribution in [3.8, 4) is 5.75 Å². The average molecular weight is 233 g/mol. The summed E-state index contributed by atoms with van der Waals surface area (Å²) in [6.45, 7) is 0. The first-order chi connectivity index (χ1) is 6.44. The monoisotopic (exact) mass is 233 g/mol. The Morgan fingerprint density at radius 3 is 2.57 bits per heavy atom. The predicted octanol–water partition coefficient (Wildman–Crippen LogP) is 1.49. The summed E-state index contributed by atoms with van der Waals surface area (Å²) in [5, 5.41) is 9.60. The fourth-order valence-electron chi connectivity index (χ4n) is 0.969. The quantitative estimate of drug-likeness (QED) is 0.613. The molecule has 0 fully saturated rings. The number of phenols is 1. The topological polar surface area (TPSA) is 66.4 Å². The van der Waals surface area contributed by atoms with Crippen LogP contribution in [0.25, 0.3) is 0 Å². The van der Waals surface area contributed by atoms with E-state index in [4.69, 9.17) is 0 Å². The van der Waals surface area contributed by atoms with Gasteiger partial charge in [-0.3, -0.25) is 4.72 Å². The van der Waals surface area contributed by atoms with E-state index in [1.807, 2.05) is 0 Å². The molecule has 0 aromatic heterocycles. The zero-order valence-electron chi connectivity index (χ0n) is 7.81. The lowest BCUT2D eigenvalue weighted by Gasteiger charge is -2.08. The van der Waals surface area contributed by atoms with E-state index in [0.29, 0.717) is 4.90 Å². The van der Waals surface area contributed by atoms with E-state index in [1.165, 1.54) is 17.8 Å². The standard InChI is InChI=1S/C8H11NO3S2/c1-13-7-5-3-4-6(8(7)10)9-14(2,11)12/h3-5,9-10H,1-2H3. The second-order valence-electron chi connectivity index (χ2n) is 2.73.